The lowest BCUT2D eigenvalue weighted by atomic mass is 10.1. The summed E-state index contributed by atoms with van der Waals surface area (Å²) in [5, 5.41) is 12.4. The van der Waals surface area contributed by atoms with Crippen LogP contribution in [-0.2, 0) is 11.3 Å². The van der Waals surface area contributed by atoms with Gasteiger partial charge in [0.2, 0.25) is 5.91 Å². The molecular formula is C15H22N2O2. The van der Waals surface area contributed by atoms with Crippen LogP contribution in [0.2, 0.25) is 0 Å². The molecule has 1 aromatic carbocycles. The molecule has 2 N–H and O–H groups in total. The van der Waals surface area contributed by atoms with E-state index in [9.17, 15) is 9.90 Å². The number of rotatable bonds is 4. The Labute approximate surface area is 114 Å². The van der Waals surface area contributed by atoms with Crippen LogP contribution in [-0.4, -0.2) is 41.1 Å². The fraction of sp³-hybridized carbons (Fsp3) is 0.533. The lowest BCUT2D eigenvalue weighted by molar-refractivity contribution is -0.126. The highest BCUT2D eigenvalue weighted by molar-refractivity contribution is 5.81. The number of hydrogen-bond acceptors (Lipinski definition) is 3. The minimum Gasteiger partial charge on any atom is -0.393 e. The number of hydrogen-bond donors (Lipinski definition) is 2. The zero-order valence-electron chi connectivity index (χ0n) is 11.4. The van der Waals surface area contributed by atoms with Gasteiger partial charge in [0.15, 0.2) is 0 Å². The summed E-state index contributed by atoms with van der Waals surface area (Å²) in [6, 6.07) is 9.78. The maximum Gasteiger partial charge on any atom is 0.237 e. The molecule has 1 amide bonds. The molecule has 0 radical (unpaired) electrons. The lowest BCUT2D eigenvalue weighted by Gasteiger charge is -2.33. The Morgan fingerprint density at radius 2 is 2.00 bits per heavy atom. The largest absolute Gasteiger partial charge is 0.393 e. The Balaban J connectivity index is 1.79. The predicted octanol–water partition coefficient (Wildman–Crippen LogP) is 1.15. The molecule has 1 aliphatic heterocycles. The predicted molar refractivity (Wildman–Crippen MR) is 74.6 cm³/mol. The lowest BCUT2D eigenvalue weighted by Crippen LogP contribution is -2.48. The number of likely N-dealkylation sites (tertiary alicyclic amines) is 1. The maximum atomic E-state index is 12.1. The molecule has 1 aliphatic rings. The molecule has 0 aliphatic carbocycles. The molecule has 0 aromatic heterocycles. The van der Waals surface area contributed by atoms with Crippen molar-refractivity contribution < 1.29 is 9.90 Å². The minimum atomic E-state index is -0.198. The molecule has 104 valence electrons. The van der Waals surface area contributed by atoms with Gasteiger partial charge in [-0.3, -0.25) is 9.69 Å². The SMILES string of the molecule is C[C@@H](C(=O)NCc1ccccc1)N1CCC(O)CC1. The number of amides is 1. The van der Waals surface area contributed by atoms with Gasteiger partial charge in [0, 0.05) is 19.6 Å². The van der Waals surface area contributed by atoms with E-state index < -0.39 is 0 Å². The first-order valence-electron chi connectivity index (χ1n) is 6.90. The van der Waals surface area contributed by atoms with Crippen molar-refractivity contribution in [1.82, 2.24) is 10.2 Å². The summed E-state index contributed by atoms with van der Waals surface area (Å²) in [5.74, 6) is 0.0558. The molecule has 2 rings (SSSR count). The number of aliphatic hydroxyl groups excluding tert-OH is 1. The van der Waals surface area contributed by atoms with Crippen LogP contribution in [0.25, 0.3) is 0 Å². The molecule has 19 heavy (non-hydrogen) atoms. The van der Waals surface area contributed by atoms with E-state index in [0.717, 1.165) is 31.5 Å². The highest BCUT2D eigenvalue weighted by atomic mass is 16.3. The molecule has 1 fully saturated rings. The second kappa shape index (κ2) is 6.68. The molecular weight excluding hydrogens is 240 g/mol. The average Bonchev–Trinajstić information content (AvgIpc) is 2.46. The third-order valence-corrected chi connectivity index (χ3v) is 3.74. The van der Waals surface area contributed by atoms with Crippen molar-refractivity contribution in [2.24, 2.45) is 0 Å². The molecule has 4 heteroatoms. The fourth-order valence-corrected chi connectivity index (χ4v) is 2.37. The van der Waals surface area contributed by atoms with Gasteiger partial charge in [-0.05, 0) is 25.3 Å². The van der Waals surface area contributed by atoms with Crippen LogP contribution < -0.4 is 5.32 Å². The standard InChI is InChI=1S/C15H22N2O2/c1-12(17-9-7-14(18)8-10-17)15(19)16-11-13-5-3-2-4-6-13/h2-6,12,14,18H,7-11H2,1H3,(H,16,19)/t12-/m0/s1. The van der Waals surface area contributed by atoms with Crippen LogP contribution in [0.3, 0.4) is 0 Å². The monoisotopic (exact) mass is 262 g/mol. The van der Waals surface area contributed by atoms with Crippen molar-refractivity contribution >= 4 is 5.91 Å². The number of nitrogens with one attached hydrogen (secondary N) is 1. The van der Waals surface area contributed by atoms with E-state index >= 15 is 0 Å². The van der Waals surface area contributed by atoms with Crippen molar-refractivity contribution in [2.75, 3.05) is 13.1 Å². The molecule has 1 saturated heterocycles. The Bertz CT molecular complexity index is 400. The summed E-state index contributed by atoms with van der Waals surface area (Å²) in [7, 11) is 0. The van der Waals surface area contributed by atoms with Gasteiger partial charge in [0.05, 0.1) is 12.1 Å². The number of aliphatic hydroxyl groups is 1. The Morgan fingerprint density at radius 3 is 2.63 bits per heavy atom. The number of carbonyl (C=O) groups is 1. The third-order valence-electron chi connectivity index (χ3n) is 3.74. The summed E-state index contributed by atoms with van der Waals surface area (Å²) in [6.45, 7) is 4.08. The molecule has 1 heterocycles. The highest BCUT2D eigenvalue weighted by Crippen LogP contribution is 2.13. The van der Waals surface area contributed by atoms with E-state index in [4.69, 9.17) is 0 Å². The minimum absolute atomic E-state index is 0.0558. The zero-order valence-corrected chi connectivity index (χ0v) is 11.4. The zero-order chi connectivity index (χ0) is 13.7. The van der Waals surface area contributed by atoms with E-state index in [1.54, 1.807) is 0 Å². The number of carbonyl (C=O) groups excluding carboxylic acids is 1. The summed E-state index contributed by atoms with van der Waals surface area (Å²) in [5.41, 5.74) is 1.11. The van der Waals surface area contributed by atoms with Crippen LogP contribution in [0.5, 0.6) is 0 Å². The molecule has 0 spiro atoms. The summed E-state index contributed by atoms with van der Waals surface area (Å²) >= 11 is 0. The molecule has 0 unspecified atom stereocenters. The van der Waals surface area contributed by atoms with Gasteiger partial charge in [-0.1, -0.05) is 30.3 Å². The van der Waals surface area contributed by atoms with Gasteiger partial charge in [0.25, 0.3) is 0 Å². The summed E-state index contributed by atoms with van der Waals surface area (Å²) in [6.07, 6.45) is 1.32. The first-order valence-corrected chi connectivity index (χ1v) is 6.90. The van der Waals surface area contributed by atoms with Gasteiger partial charge in [-0.15, -0.1) is 0 Å². The van der Waals surface area contributed by atoms with Crippen molar-refractivity contribution in [3.63, 3.8) is 0 Å². The topological polar surface area (TPSA) is 52.6 Å². The maximum absolute atomic E-state index is 12.1. The van der Waals surface area contributed by atoms with Crippen LogP contribution in [0.1, 0.15) is 25.3 Å². The first-order chi connectivity index (χ1) is 9.16. The second-order valence-electron chi connectivity index (χ2n) is 5.15. The van der Waals surface area contributed by atoms with Gasteiger partial charge in [0.1, 0.15) is 0 Å². The third kappa shape index (κ3) is 4.04. The van der Waals surface area contributed by atoms with E-state index in [0.29, 0.717) is 6.54 Å². The quantitative estimate of drug-likeness (QED) is 0.856. The molecule has 1 atom stereocenters. The van der Waals surface area contributed by atoms with Crippen molar-refractivity contribution in [2.45, 2.75) is 38.5 Å². The van der Waals surface area contributed by atoms with Gasteiger partial charge in [-0.2, -0.15) is 0 Å². The smallest absolute Gasteiger partial charge is 0.237 e. The van der Waals surface area contributed by atoms with Crippen molar-refractivity contribution in [1.29, 1.82) is 0 Å². The average molecular weight is 262 g/mol. The molecule has 0 bridgehead atoms. The van der Waals surface area contributed by atoms with Crippen molar-refractivity contribution in [3.05, 3.63) is 35.9 Å². The van der Waals surface area contributed by atoms with Gasteiger partial charge >= 0.3 is 0 Å². The highest BCUT2D eigenvalue weighted by Gasteiger charge is 2.25. The normalized spacial score (nSPS) is 19.1. The summed E-state index contributed by atoms with van der Waals surface area (Å²) in [4.78, 5) is 14.2. The van der Waals surface area contributed by atoms with E-state index in [1.807, 2.05) is 37.3 Å². The van der Waals surface area contributed by atoms with Gasteiger partial charge < -0.3 is 10.4 Å². The Morgan fingerprint density at radius 1 is 1.37 bits per heavy atom. The Kier molecular flexibility index (Phi) is 4.93. The number of piperidine rings is 1. The first kappa shape index (κ1) is 14.0. The number of benzene rings is 1. The fourth-order valence-electron chi connectivity index (χ4n) is 2.37. The molecule has 4 nitrogen and oxygen atoms in total. The van der Waals surface area contributed by atoms with Crippen LogP contribution in [0.15, 0.2) is 30.3 Å². The van der Waals surface area contributed by atoms with E-state index in [1.165, 1.54) is 0 Å². The van der Waals surface area contributed by atoms with E-state index in [-0.39, 0.29) is 18.1 Å². The molecule has 1 aromatic rings. The van der Waals surface area contributed by atoms with Crippen LogP contribution in [0.4, 0.5) is 0 Å². The summed E-state index contributed by atoms with van der Waals surface area (Å²) < 4.78 is 0. The Hall–Kier alpha value is -1.39. The van der Waals surface area contributed by atoms with E-state index in [2.05, 4.69) is 10.2 Å². The number of nitrogens with zero attached hydrogens (tertiary/aromatic N) is 1. The van der Waals surface area contributed by atoms with Crippen molar-refractivity contribution in [3.8, 4) is 0 Å². The van der Waals surface area contributed by atoms with Gasteiger partial charge in [-0.25, -0.2) is 0 Å². The second-order valence-corrected chi connectivity index (χ2v) is 5.15. The van der Waals surface area contributed by atoms with Crippen LogP contribution >= 0.6 is 0 Å². The molecule has 0 saturated carbocycles. The van der Waals surface area contributed by atoms with Crippen LogP contribution in [0, 0.1) is 0 Å².